The molecule has 0 spiro atoms. The summed E-state index contributed by atoms with van der Waals surface area (Å²) < 4.78 is 5.42. The minimum absolute atomic E-state index is 0.503. The SMILES string of the molecule is C=C(C)CN1CCC(C)(CN2CCOCC2)CC1. The van der Waals surface area contributed by atoms with E-state index in [1.54, 1.807) is 0 Å². The average molecular weight is 252 g/mol. The molecule has 2 saturated heterocycles. The summed E-state index contributed by atoms with van der Waals surface area (Å²) in [6.07, 6.45) is 2.63. The second-order valence-electron chi connectivity index (χ2n) is 6.43. The van der Waals surface area contributed by atoms with Crippen LogP contribution in [0.25, 0.3) is 0 Å². The van der Waals surface area contributed by atoms with Gasteiger partial charge in [0.05, 0.1) is 13.2 Å². The highest BCUT2D eigenvalue weighted by molar-refractivity contribution is 4.94. The van der Waals surface area contributed by atoms with E-state index >= 15 is 0 Å². The van der Waals surface area contributed by atoms with Crippen LogP contribution in [0.15, 0.2) is 12.2 Å². The molecule has 0 atom stereocenters. The van der Waals surface area contributed by atoms with Crippen molar-refractivity contribution in [3.05, 3.63) is 12.2 Å². The second kappa shape index (κ2) is 6.18. The zero-order chi connectivity index (χ0) is 13.0. The molecule has 18 heavy (non-hydrogen) atoms. The van der Waals surface area contributed by atoms with Crippen molar-refractivity contribution in [1.29, 1.82) is 0 Å². The summed E-state index contributed by atoms with van der Waals surface area (Å²) >= 11 is 0. The van der Waals surface area contributed by atoms with E-state index in [1.165, 1.54) is 38.0 Å². The predicted molar refractivity (Wildman–Crippen MR) is 75.9 cm³/mol. The van der Waals surface area contributed by atoms with Crippen molar-refractivity contribution in [2.45, 2.75) is 26.7 Å². The molecule has 2 aliphatic rings. The Morgan fingerprint density at radius 3 is 2.28 bits per heavy atom. The normalized spacial score (nSPS) is 26.1. The molecule has 3 nitrogen and oxygen atoms in total. The monoisotopic (exact) mass is 252 g/mol. The fraction of sp³-hybridized carbons (Fsp3) is 0.867. The van der Waals surface area contributed by atoms with E-state index in [2.05, 4.69) is 30.2 Å². The first-order valence-corrected chi connectivity index (χ1v) is 7.24. The quantitative estimate of drug-likeness (QED) is 0.712. The molecule has 0 aromatic rings. The van der Waals surface area contributed by atoms with Crippen molar-refractivity contribution < 1.29 is 4.74 Å². The maximum Gasteiger partial charge on any atom is 0.0594 e. The molecule has 0 radical (unpaired) electrons. The topological polar surface area (TPSA) is 15.7 Å². The summed E-state index contributed by atoms with van der Waals surface area (Å²) in [6, 6.07) is 0. The first-order valence-electron chi connectivity index (χ1n) is 7.24. The van der Waals surface area contributed by atoms with Gasteiger partial charge in [-0.25, -0.2) is 0 Å². The van der Waals surface area contributed by atoms with Crippen molar-refractivity contribution in [1.82, 2.24) is 9.80 Å². The summed E-state index contributed by atoms with van der Waals surface area (Å²) in [5.41, 5.74) is 1.79. The van der Waals surface area contributed by atoms with Crippen LogP contribution in [0.3, 0.4) is 0 Å². The molecule has 2 rings (SSSR count). The Morgan fingerprint density at radius 1 is 1.11 bits per heavy atom. The Balaban J connectivity index is 1.77. The highest BCUT2D eigenvalue weighted by Crippen LogP contribution is 2.32. The van der Waals surface area contributed by atoms with Crippen LogP contribution in [-0.2, 0) is 4.74 Å². The van der Waals surface area contributed by atoms with E-state index in [9.17, 15) is 0 Å². The molecule has 0 aromatic carbocycles. The molecular formula is C15H28N2O. The van der Waals surface area contributed by atoms with E-state index in [0.717, 1.165) is 32.8 Å². The van der Waals surface area contributed by atoms with Crippen LogP contribution in [0.5, 0.6) is 0 Å². The van der Waals surface area contributed by atoms with Crippen molar-refractivity contribution >= 4 is 0 Å². The zero-order valence-electron chi connectivity index (χ0n) is 12.1. The van der Waals surface area contributed by atoms with E-state index in [1.807, 2.05) is 0 Å². The molecule has 0 bridgehead atoms. The van der Waals surface area contributed by atoms with Crippen molar-refractivity contribution in [2.24, 2.45) is 5.41 Å². The maximum absolute atomic E-state index is 5.42. The lowest BCUT2D eigenvalue weighted by Crippen LogP contribution is -2.47. The fourth-order valence-electron chi connectivity index (χ4n) is 3.09. The van der Waals surface area contributed by atoms with Gasteiger partial charge in [-0.1, -0.05) is 19.1 Å². The molecule has 2 heterocycles. The van der Waals surface area contributed by atoms with Crippen molar-refractivity contribution in [3.8, 4) is 0 Å². The molecule has 104 valence electrons. The van der Waals surface area contributed by atoms with E-state index in [0.29, 0.717) is 5.41 Å². The lowest BCUT2D eigenvalue weighted by atomic mass is 9.79. The minimum Gasteiger partial charge on any atom is -0.379 e. The molecule has 3 heteroatoms. The Bertz CT molecular complexity index is 276. The Hall–Kier alpha value is -0.380. The Morgan fingerprint density at radius 2 is 1.72 bits per heavy atom. The van der Waals surface area contributed by atoms with Gasteiger partial charge in [0.2, 0.25) is 0 Å². The third-order valence-electron chi connectivity index (χ3n) is 4.27. The first-order chi connectivity index (χ1) is 8.57. The summed E-state index contributed by atoms with van der Waals surface area (Å²) in [5.74, 6) is 0. The lowest BCUT2D eigenvalue weighted by Gasteiger charge is -2.43. The smallest absolute Gasteiger partial charge is 0.0594 e. The van der Waals surface area contributed by atoms with Gasteiger partial charge in [-0.2, -0.15) is 0 Å². The van der Waals surface area contributed by atoms with Crippen LogP contribution >= 0.6 is 0 Å². The van der Waals surface area contributed by atoms with E-state index in [4.69, 9.17) is 4.74 Å². The second-order valence-corrected chi connectivity index (χ2v) is 6.43. The fourth-order valence-corrected chi connectivity index (χ4v) is 3.09. The van der Waals surface area contributed by atoms with E-state index in [-0.39, 0.29) is 0 Å². The van der Waals surface area contributed by atoms with Crippen LogP contribution in [0.1, 0.15) is 26.7 Å². The molecule has 0 N–H and O–H groups in total. The Labute approximate surface area is 112 Å². The van der Waals surface area contributed by atoms with Crippen molar-refractivity contribution in [2.75, 3.05) is 52.5 Å². The van der Waals surface area contributed by atoms with Gasteiger partial charge in [-0.15, -0.1) is 0 Å². The molecule has 0 unspecified atom stereocenters. The lowest BCUT2D eigenvalue weighted by molar-refractivity contribution is 0.00462. The van der Waals surface area contributed by atoms with Crippen LogP contribution in [0.4, 0.5) is 0 Å². The molecule has 0 aromatic heterocycles. The van der Waals surface area contributed by atoms with Gasteiger partial charge in [0.25, 0.3) is 0 Å². The molecular weight excluding hydrogens is 224 g/mol. The number of ether oxygens (including phenoxy) is 1. The summed E-state index contributed by atoms with van der Waals surface area (Å²) in [7, 11) is 0. The van der Waals surface area contributed by atoms with Gasteiger partial charge in [0.1, 0.15) is 0 Å². The van der Waals surface area contributed by atoms with Crippen molar-refractivity contribution in [3.63, 3.8) is 0 Å². The highest BCUT2D eigenvalue weighted by atomic mass is 16.5. The summed E-state index contributed by atoms with van der Waals surface area (Å²) in [4.78, 5) is 5.13. The molecule has 0 saturated carbocycles. The van der Waals surface area contributed by atoms with Gasteiger partial charge in [0.15, 0.2) is 0 Å². The van der Waals surface area contributed by atoms with Crippen LogP contribution in [0, 0.1) is 5.41 Å². The van der Waals surface area contributed by atoms with Crippen LogP contribution in [0.2, 0.25) is 0 Å². The number of rotatable bonds is 4. The van der Waals surface area contributed by atoms with Gasteiger partial charge in [0, 0.05) is 26.2 Å². The summed E-state index contributed by atoms with van der Waals surface area (Å²) in [6.45, 7) is 17.4. The number of likely N-dealkylation sites (tertiary alicyclic amines) is 1. The molecule has 2 aliphatic heterocycles. The standard InChI is InChI=1S/C15H28N2O/c1-14(2)12-16-6-4-15(3,5-7-16)13-17-8-10-18-11-9-17/h1,4-13H2,2-3H3. The van der Waals surface area contributed by atoms with E-state index < -0.39 is 0 Å². The number of nitrogens with zero attached hydrogens (tertiary/aromatic N) is 2. The van der Waals surface area contributed by atoms with Gasteiger partial charge < -0.3 is 4.74 Å². The number of hydrogen-bond acceptors (Lipinski definition) is 3. The molecule has 0 aliphatic carbocycles. The molecule has 0 amide bonds. The minimum atomic E-state index is 0.503. The Kier molecular flexibility index (Phi) is 4.82. The van der Waals surface area contributed by atoms with Crippen LogP contribution < -0.4 is 0 Å². The third-order valence-corrected chi connectivity index (χ3v) is 4.27. The number of hydrogen-bond donors (Lipinski definition) is 0. The maximum atomic E-state index is 5.42. The molecule has 2 fully saturated rings. The van der Waals surface area contributed by atoms with Gasteiger partial charge in [-0.05, 0) is 38.3 Å². The third kappa shape index (κ3) is 4.08. The zero-order valence-corrected chi connectivity index (χ0v) is 12.1. The summed E-state index contributed by atoms with van der Waals surface area (Å²) in [5, 5.41) is 0. The number of morpholine rings is 1. The predicted octanol–water partition coefficient (Wildman–Crippen LogP) is 2.00. The van der Waals surface area contributed by atoms with Crippen LogP contribution in [-0.4, -0.2) is 62.3 Å². The largest absolute Gasteiger partial charge is 0.379 e. The average Bonchev–Trinajstić information content (AvgIpc) is 2.33. The van der Waals surface area contributed by atoms with Gasteiger partial charge in [-0.3, -0.25) is 9.80 Å². The number of piperidine rings is 1. The van der Waals surface area contributed by atoms with Gasteiger partial charge >= 0.3 is 0 Å². The first kappa shape index (κ1) is 14.0. The highest BCUT2D eigenvalue weighted by Gasteiger charge is 2.32.